The van der Waals surface area contributed by atoms with Gasteiger partial charge in [0.25, 0.3) is 0 Å². The fourth-order valence-corrected chi connectivity index (χ4v) is 2.58. The molecule has 6 nitrogen and oxygen atoms in total. The van der Waals surface area contributed by atoms with Crippen LogP contribution in [0.4, 0.5) is 5.13 Å². The van der Waals surface area contributed by atoms with Gasteiger partial charge in [0.15, 0.2) is 5.13 Å². The van der Waals surface area contributed by atoms with E-state index in [-0.39, 0.29) is 5.97 Å². The zero-order valence-electron chi connectivity index (χ0n) is 11.1. The second-order valence-electron chi connectivity index (χ2n) is 4.12. The zero-order valence-corrected chi connectivity index (χ0v) is 12.0. The number of anilines is 1. The van der Waals surface area contributed by atoms with Gasteiger partial charge in [-0.15, -0.1) is 0 Å². The van der Waals surface area contributed by atoms with Gasteiger partial charge in [0.05, 0.1) is 19.0 Å². The Morgan fingerprint density at radius 2 is 2.37 bits per heavy atom. The number of rotatable bonds is 5. The SMILES string of the molecule is COC(=O)c1sc(NCCc2cnn(C)c2)nc1C. The molecule has 2 rings (SSSR count). The molecule has 2 aromatic heterocycles. The van der Waals surface area contributed by atoms with Crippen molar-refractivity contribution in [2.75, 3.05) is 19.0 Å². The lowest BCUT2D eigenvalue weighted by molar-refractivity contribution is 0.0605. The summed E-state index contributed by atoms with van der Waals surface area (Å²) in [7, 11) is 3.26. The lowest BCUT2D eigenvalue weighted by Crippen LogP contribution is -2.03. The first-order valence-electron chi connectivity index (χ1n) is 5.87. The number of methoxy groups -OCH3 is 1. The summed E-state index contributed by atoms with van der Waals surface area (Å²) < 4.78 is 6.48. The van der Waals surface area contributed by atoms with Crippen molar-refractivity contribution in [3.05, 3.63) is 28.5 Å². The maximum atomic E-state index is 11.5. The molecule has 102 valence electrons. The first kappa shape index (κ1) is 13.5. The minimum Gasteiger partial charge on any atom is -0.465 e. The molecule has 19 heavy (non-hydrogen) atoms. The van der Waals surface area contributed by atoms with Crippen LogP contribution in [0.25, 0.3) is 0 Å². The summed E-state index contributed by atoms with van der Waals surface area (Å²) in [6.45, 7) is 2.55. The number of nitrogens with one attached hydrogen (secondary N) is 1. The Labute approximate surface area is 115 Å². The molecule has 0 unspecified atom stereocenters. The summed E-state index contributed by atoms with van der Waals surface area (Å²) >= 11 is 1.31. The van der Waals surface area contributed by atoms with E-state index >= 15 is 0 Å². The molecule has 0 atom stereocenters. The number of thiazole rings is 1. The molecular weight excluding hydrogens is 264 g/mol. The standard InChI is InChI=1S/C12H16N4O2S/c1-8-10(11(17)18-3)19-12(15-8)13-5-4-9-6-14-16(2)7-9/h6-7H,4-5H2,1-3H3,(H,13,15). The molecule has 0 radical (unpaired) electrons. The molecule has 0 aliphatic heterocycles. The third kappa shape index (κ3) is 3.31. The van der Waals surface area contributed by atoms with E-state index < -0.39 is 0 Å². The highest BCUT2D eigenvalue weighted by molar-refractivity contribution is 7.17. The van der Waals surface area contributed by atoms with E-state index in [1.54, 1.807) is 11.6 Å². The highest BCUT2D eigenvalue weighted by Gasteiger charge is 2.15. The Kier molecular flexibility index (Phi) is 4.16. The number of carbonyl (C=O) groups is 1. The van der Waals surface area contributed by atoms with Gasteiger partial charge >= 0.3 is 5.97 Å². The van der Waals surface area contributed by atoms with E-state index in [1.807, 2.05) is 19.4 Å². The fourth-order valence-electron chi connectivity index (χ4n) is 1.67. The van der Waals surface area contributed by atoms with Gasteiger partial charge < -0.3 is 10.1 Å². The van der Waals surface area contributed by atoms with Gasteiger partial charge in [-0.1, -0.05) is 11.3 Å². The lowest BCUT2D eigenvalue weighted by Gasteiger charge is -1.99. The van der Waals surface area contributed by atoms with Crippen LogP contribution in [-0.4, -0.2) is 34.4 Å². The van der Waals surface area contributed by atoms with Crippen LogP contribution >= 0.6 is 11.3 Å². The summed E-state index contributed by atoms with van der Waals surface area (Å²) in [6.07, 6.45) is 4.68. The Morgan fingerprint density at radius 3 is 3.00 bits per heavy atom. The van der Waals surface area contributed by atoms with Gasteiger partial charge in [-0.05, 0) is 18.9 Å². The van der Waals surface area contributed by atoms with E-state index in [2.05, 4.69) is 15.4 Å². The average Bonchev–Trinajstić information content (AvgIpc) is 2.95. The maximum absolute atomic E-state index is 11.5. The number of hydrogen-bond acceptors (Lipinski definition) is 6. The van der Waals surface area contributed by atoms with Gasteiger partial charge in [-0.25, -0.2) is 9.78 Å². The summed E-state index contributed by atoms with van der Waals surface area (Å²) in [5.74, 6) is -0.338. The van der Waals surface area contributed by atoms with Crippen LogP contribution in [-0.2, 0) is 18.2 Å². The van der Waals surface area contributed by atoms with E-state index in [4.69, 9.17) is 4.74 Å². The first-order valence-corrected chi connectivity index (χ1v) is 6.69. The van der Waals surface area contributed by atoms with Crippen LogP contribution in [0.5, 0.6) is 0 Å². The summed E-state index contributed by atoms with van der Waals surface area (Å²) in [5.41, 5.74) is 1.86. The van der Waals surface area contributed by atoms with Crippen molar-refractivity contribution in [3.63, 3.8) is 0 Å². The molecule has 0 aliphatic carbocycles. The van der Waals surface area contributed by atoms with Crippen molar-refractivity contribution in [2.45, 2.75) is 13.3 Å². The number of aryl methyl sites for hydroxylation is 2. The van der Waals surface area contributed by atoms with Crippen molar-refractivity contribution >= 4 is 22.4 Å². The molecule has 0 aromatic carbocycles. The molecule has 0 saturated heterocycles. The molecular formula is C12H16N4O2S. The van der Waals surface area contributed by atoms with Crippen molar-refractivity contribution in [2.24, 2.45) is 7.05 Å². The van der Waals surface area contributed by atoms with Crippen molar-refractivity contribution in [1.29, 1.82) is 0 Å². The van der Waals surface area contributed by atoms with Crippen LogP contribution in [0, 0.1) is 6.92 Å². The predicted octanol–water partition coefficient (Wildman–Crippen LogP) is 1.63. The third-order valence-corrected chi connectivity index (χ3v) is 3.71. The van der Waals surface area contributed by atoms with Gasteiger partial charge in [0.2, 0.25) is 0 Å². The molecule has 1 N–H and O–H groups in total. The highest BCUT2D eigenvalue weighted by Crippen LogP contribution is 2.23. The Hall–Kier alpha value is -1.89. The maximum Gasteiger partial charge on any atom is 0.350 e. The lowest BCUT2D eigenvalue weighted by atomic mass is 10.2. The summed E-state index contributed by atoms with van der Waals surface area (Å²) in [4.78, 5) is 16.3. The zero-order chi connectivity index (χ0) is 13.8. The molecule has 7 heteroatoms. The van der Waals surface area contributed by atoms with Crippen molar-refractivity contribution in [1.82, 2.24) is 14.8 Å². The molecule has 0 spiro atoms. The Morgan fingerprint density at radius 1 is 1.58 bits per heavy atom. The van der Waals surface area contributed by atoms with E-state index in [1.165, 1.54) is 18.4 Å². The molecule has 0 bridgehead atoms. The number of nitrogens with zero attached hydrogens (tertiary/aromatic N) is 3. The smallest absolute Gasteiger partial charge is 0.350 e. The molecule has 2 aromatic rings. The quantitative estimate of drug-likeness (QED) is 0.843. The van der Waals surface area contributed by atoms with Gasteiger partial charge in [-0.3, -0.25) is 4.68 Å². The third-order valence-electron chi connectivity index (χ3n) is 2.62. The minimum atomic E-state index is -0.338. The Bertz CT molecular complexity index is 576. The second kappa shape index (κ2) is 5.83. The number of hydrogen-bond donors (Lipinski definition) is 1. The number of carbonyl (C=O) groups excluding carboxylic acids is 1. The summed E-state index contributed by atoms with van der Waals surface area (Å²) in [5, 5.41) is 8.05. The van der Waals surface area contributed by atoms with E-state index in [9.17, 15) is 4.79 Å². The molecule has 0 saturated carbocycles. The van der Waals surface area contributed by atoms with E-state index in [0.29, 0.717) is 10.6 Å². The average molecular weight is 280 g/mol. The summed E-state index contributed by atoms with van der Waals surface area (Å²) in [6, 6.07) is 0. The minimum absolute atomic E-state index is 0.338. The van der Waals surface area contributed by atoms with Crippen molar-refractivity contribution < 1.29 is 9.53 Å². The monoisotopic (exact) mass is 280 g/mol. The second-order valence-corrected chi connectivity index (χ2v) is 5.12. The topological polar surface area (TPSA) is 69.0 Å². The molecule has 0 amide bonds. The predicted molar refractivity (Wildman–Crippen MR) is 73.6 cm³/mol. The van der Waals surface area contributed by atoms with Crippen LogP contribution < -0.4 is 5.32 Å². The normalized spacial score (nSPS) is 10.5. The van der Waals surface area contributed by atoms with Crippen LogP contribution in [0.1, 0.15) is 20.9 Å². The van der Waals surface area contributed by atoms with E-state index in [0.717, 1.165) is 23.7 Å². The molecule has 0 fully saturated rings. The largest absolute Gasteiger partial charge is 0.465 e. The van der Waals surface area contributed by atoms with Gasteiger partial charge in [-0.2, -0.15) is 5.10 Å². The molecule has 0 aliphatic rings. The van der Waals surface area contributed by atoms with Crippen molar-refractivity contribution in [3.8, 4) is 0 Å². The fraction of sp³-hybridized carbons (Fsp3) is 0.417. The number of esters is 1. The van der Waals surface area contributed by atoms with Crippen LogP contribution in [0.15, 0.2) is 12.4 Å². The first-order chi connectivity index (χ1) is 9.10. The van der Waals surface area contributed by atoms with Crippen LogP contribution in [0.2, 0.25) is 0 Å². The Balaban J connectivity index is 1.91. The number of aromatic nitrogens is 3. The van der Waals surface area contributed by atoms with Gasteiger partial charge in [0.1, 0.15) is 4.88 Å². The number of ether oxygens (including phenoxy) is 1. The molecule has 2 heterocycles. The van der Waals surface area contributed by atoms with Gasteiger partial charge in [0, 0.05) is 19.8 Å². The van der Waals surface area contributed by atoms with Crippen LogP contribution in [0.3, 0.4) is 0 Å². The highest BCUT2D eigenvalue weighted by atomic mass is 32.1.